The molecule has 0 spiro atoms. The molecule has 1 aliphatic carbocycles. The van der Waals surface area contributed by atoms with Gasteiger partial charge in [0.1, 0.15) is 0 Å². The third-order valence-corrected chi connectivity index (χ3v) is 3.87. The molecule has 0 aromatic rings. The van der Waals surface area contributed by atoms with E-state index in [-0.39, 0.29) is 18.0 Å². The number of hydrogen-bond donors (Lipinski definition) is 2. The van der Waals surface area contributed by atoms with Gasteiger partial charge in [-0.1, -0.05) is 19.8 Å². The van der Waals surface area contributed by atoms with Crippen LogP contribution in [0.15, 0.2) is 0 Å². The van der Waals surface area contributed by atoms with Crippen molar-refractivity contribution in [3.8, 4) is 0 Å². The smallest absolute Gasteiger partial charge is 0.237 e. The average Bonchev–Trinajstić information content (AvgIpc) is 2.14. The van der Waals surface area contributed by atoms with Crippen LogP contribution in [-0.2, 0) is 4.79 Å². The molecular formula is C14H28N2O. The molecule has 100 valence electrons. The van der Waals surface area contributed by atoms with Crippen molar-refractivity contribution in [2.75, 3.05) is 0 Å². The molecule has 2 N–H and O–H groups in total. The highest BCUT2D eigenvalue weighted by Crippen LogP contribution is 2.29. The number of hydrogen-bond acceptors (Lipinski definition) is 2. The van der Waals surface area contributed by atoms with Gasteiger partial charge in [0.25, 0.3) is 0 Å². The molecular weight excluding hydrogens is 212 g/mol. The SMILES string of the molecule is CCCC(C)NC(=O)C(C)NC(C)C1CCC1. The highest BCUT2D eigenvalue weighted by atomic mass is 16.2. The van der Waals surface area contributed by atoms with Gasteiger partial charge in [-0.25, -0.2) is 0 Å². The summed E-state index contributed by atoms with van der Waals surface area (Å²) in [6.45, 7) is 8.37. The Morgan fingerprint density at radius 3 is 2.41 bits per heavy atom. The van der Waals surface area contributed by atoms with Crippen LogP contribution in [0.5, 0.6) is 0 Å². The predicted molar refractivity (Wildman–Crippen MR) is 71.9 cm³/mol. The van der Waals surface area contributed by atoms with Crippen molar-refractivity contribution >= 4 is 5.91 Å². The molecule has 0 saturated heterocycles. The normalized spacial score (nSPS) is 21.4. The first kappa shape index (κ1) is 14.5. The molecule has 3 heteroatoms. The molecule has 3 atom stereocenters. The molecule has 1 fully saturated rings. The van der Waals surface area contributed by atoms with Gasteiger partial charge in [-0.3, -0.25) is 4.79 Å². The Bertz CT molecular complexity index is 238. The van der Waals surface area contributed by atoms with Gasteiger partial charge in [-0.15, -0.1) is 0 Å². The van der Waals surface area contributed by atoms with Gasteiger partial charge in [0.15, 0.2) is 0 Å². The Hall–Kier alpha value is -0.570. The Balaban J connectivity index is 2.25. The zero-order valence-corrected chi connectivity index (χ0v) is 11.8. The van der Waals surface area contributed by atoms with Crippen molar-refractivity contribution < 1.29 is 4.79 Å². The fourth-order valence-electron chi connectivity index (χ4n) is 2.42. The van der Waals surface area contributed by atoms with Gasteiger partial charge in [0.2, 0.25) is 5.91 Å². The summed E-state index contributed by atoms with van der Waals surface area (Å²) >= 11 is 0. The van der Waals surface area contributed by atoms with E-state index >= 15 is 0 Å². The molecule has 0 heterocycles. The fourth-order valence-corrected chi connectivity index (χ4v) is 2.42. The number of carbonyl (C=O) groups excluding carboxylic acids is 1. The molecule has 1 aliphatic rings. The van der Waals surface area contributed by atoms with Crippen LogP contribution >= 0.6 is 0 Å². The van der Waals surface area contributed by atoms with E-state index in [1.54, 1.807) is 0 Å². The number of rotatable bonds is 7. The van der Waals surface area contributed by atoms with Gasteiger partial charge >= 0.3 is 0 Å². The molecule has 0 bridgehead atoms. The van der Waals surface area contributed by atoms with Crippen molar-refractivity contribution in [2.45, 2.75) is 77.9 Å². The molecule has 3 unspecified atom stereocenters. The average molecular weight is 240 g/mol. The Labute approximate surface area is 106 Å². The predicted octanol–water partition coefficient (Wildman–Crippen LogP) is 2.46. The van der Waals surface area contributed by atoms with E-state index in [0.717, 1.165) is 18.8 Å². The number of nitrogens with one attached hydrogen (secondary N) is 2. The number of carbonyl (C=O) groups is 1. The van der Waals surface area contributed by atoms with E-state index in [4.69, 9.17) is 0 Å². The number of amides is 1. The van der Waals surface area contributed by atoms with Gasteiger partial charge in [-0.05, 0) is 46.0 Å². The summed E-state index contributed by atoms with van der Waals surface area (Å²) in [5.74, 6) is 0.912. The topological polar surface area (TPSA) is 41.1 Å². The second-order valence-electron chi connectivity index (χ2n) is 5.57. The molecule has 1 rings (SSSR count). The first-order valence-electron chi connectivity index (χ1n) is 7.11. The van der Waals surface area contributed by atoms with Crippen LogP contribution in [0.25, 0.3) is 0 Å². The molecule has 1 saturated carbocycles. The summed E-state index contributed by atoms with van der Waals surface area (Å²) in [4.78, 5) is 11.9. The third kappa shape index (κ3) is 4.66. The van der Waals surface area contributed by atoms with Crippen LogP contribution in [0.4, 0.5) is 0 Å². The molecule has 1 amide bonds. The van der Waals surface area contributed by atoms with Gasteiger partial charge in [0.05, 0.1) is 6.04 Å². The van der Waals surface area contributed by atoms with Crippen LogP contribution in [-0.4, -0.2) is 24.0 Å². The van der Waals surface area contributed by atoms with Gasteiger partial charge in [0, 0.05) is 12.1 Å². The van der Waals surface area contributed by atoms with Crippen LogP contribution in [0.3, 0.4) is 0 Å². The Kier molecular flexibility index (Phi) is 5.96. The highest BCUT2D eigenvalue weighted by molar-refractivity contribution is 5.81. The lowest BCUT2D eigenvalue weighted by Crippen LogP contribution is -2.50. The molecule has 17 heavy (non-hydrogen) atoms. The summed E-state index contributed by atoms with van der Waals surface area (Å²) in [5.41, 5.74) is 0. The van der Waals surface area contributed by atoms with E-state index < -0.39 is 0 Å². The minimum atomic E-state index is -0.0788. The van der Waals surface area contributed by atoms with E-state index in [1.807, 2.05) is 6.92 Å². The van der Waals surface area contributed by atoms with Crippen LogP contribution in [0.1, 0.15) is 59.8 Å². The zero-order valence-electron chi connectivity index (χ0n) is 11.8. The molecule has 0 aliphatic heterocycles. The summed E-state index contributed by atoms with van der Waals surface area (Å²) in [6.07, 6.45) is 6.15. The van der Waals surface area contributed by atoms with E-state index in [2.05, 4.69) is 31.4 Å². The van der Waals surface area contributed by atoms with Crippen molar-refractivity contribution in [1.82, 2.24) is 10.6 Å². The summed E-state index contributed by atoms with van der Waals surface area (Å²) < 4.78 is 0. The van der Waals surface area contributed by atoms with Crippen molar-refractivity contribution in [2.24, 2.45) is 5.92 Å². The van der Waals surface area contributed by atoms with E-state index in [9.17, 15) is 4.79 Å². The molecule has 0 aromatic carbocycles. The monoisotopic (exact) mass is 240 g/mol. The minimum Gasteiger partial charge on any atom is -0.352 e. The second-order valence-corrected chi connectivity index (χ2v) is 5.57. The van der Waals surface area contributed by atoms with Crippen LogP contribution < -0.4 is 10.6 Å². The summed E-state index contributed by atoms with van der Waals surface area (Å²) in [5, 5.41) is 6.48. The minimum absolute atomic E-state index is 0.0788. The maximum absolute atomic E-state index is 11.9. The third-order valence-electron chi connectivity index (χ3n) is 3.87. The van der Waals surface area contributed by atoms with E-state index in [0.29, 0.717) is 6.04 Å². The highest BCUT2D eigenvalue weighted by Gasteiger charge is 2.26. The fraction of sp³-hybridized carbons (Fsp3) is 0.929. The molecule has 0 radical (unpaired) electrons. The lowest BCUT2D eigenvalue weighted by atomic mass is 9.80. The van der Waals surface area contributed by atoms with Crippen molar-refractivity contribution in [1.29, 1.82) is 0 Å². The quantitative estimate of drug-likeness (QED) is 0.717. The molecule has 0 aromatic heterocycles. The summed E-state index contributed by atoms with van der Waals surface area (Å²) in [6, 6.07) is 0.673. The van der Waals surface area contributed by atoms with Gasteiger partial charge in [-0.2, -0.15) is 0 Å². The Morgan fingerprint density at radius 1 is 1.29 bits per heavy atom. The van der Waals surface area contributed by atoms with E-state index in [1.165, 1.54) is 19.3 Å². The Morgan fingerprint density at radius 2 is 1.94 bits per heavy atom. The van der Waals surface area contributed by atoms with Crippen LogP contribution in [0.2, 0.25) is 0 Å². The molecule has 3 nitrogen and oxygen atoms in total. The lowest BCUT2D eigenvalue weighted by molar-refractivity contribution is -0.123. The maximum Gasteiger partial charge on any atom is 0.237 e. The summed E-state index contributed by atoms with van der Waals surface area (Å²) in [7, 11) is 0. The standard InChI is InChI=1S/C14H28N2O/c1-5-7-10(2)15-14(17)12(4)16-11(3)13-8-6-9-13/h10-13,16H,5-9H2,1-4H3,(H,15,17). The van der Waals surface area contributed by atoms with Gasteiger partial charge < -0.3 is 10.6 Å². The van der Waals surface area contributed by atoms with Crippen molar-refractivity contribution in [3.63, 3.8) is 0 Å². The lowest BCUT2D eigenvalue weighted by Gasteiger charge is -2.33. The largest absolute Gasteiger partial charge is 0.352 e. The maximum atomic E-state index is 11.9. The first-order chi connectivity index (χ1) is 8.04. The van der Waals surface area contributed by atoms with Crippen molar-refractivity contribution in [3.05, 3.63) is 0 Å². The first-order valence-corrected chi connectivity index (χ1v) is 7.11. The zero-order chi connectivity index (χ0) is 12.8. The van der Waals surface area contributed by atoms with Crippen LogP contribution in [0, 0.1) is 5.92 Å². The second kappa shape index (κ2) is 7.00.